The summed E-state index contributed by atoms with van der Waals surface area (Å²) in [4.78, 5) is 12.4. The van der Waals surface area contributed by atoms with Gasteiger partial charge in [-0.3, -0.25) is 4.79 Å². The van der Waals surface area contributed by atoms with E-state index < -0.39 is 0 Å². The van der Waals surface area contributed by atoms with Gasteiger partial charge in [0.1, 0.15) is 5.75 Å². The minimum absolute atomic E-state index is 0.0334. The van der Waals surface area contributed by atoms with Gasteiger partial charge < -0.3 is 10.1 Å². The maximum atomic E-state index is 12.4. The average Bonchev–Trinajstić information content (AvgIpc) is 2.55. The van der Waals surface area contributed by atoms with Crippen molar-refractivity contribution in [3.05, 3.63) is 64.2 Å². The second-order valence-electron chi connectivity index (χ2n) is 5.72. The highest BCUT2D eigenvalue weighted by molar-refractivity contribution is 6.32. The molecule has 3 nitrogen and oxygen atoms in total. The zero-order chi connectivity index (χ0) is 16.8. The van der Waals surface area contributed by atoms with Crippen LogP contribution in [0.1, 0.15) is 41.3 Å². The molecular weight excluding hydrogens is 310 g/mol. The van der Waals surface area contributed by atoms with Gasteiger partial charge in [0.05, 0.1) is 12.1 Å². The molecule has 0 aliphatic heterocycles. The van der Waals surface area contributed by atoms with Gasteiger partial charge in [-0.25, -0.2) is 0 Å². The highest BCUT2D eigenvalue weighted by Crippen LogP contribution is 2.25. The molecule has 1 N–H and O–H groups in total. The number of rotatable bonds is 6. The minimum atomic E-state index is -0.0334. The number of carbonyl (C=O) groups excluding carboxylic acids is 1. The molecule has 2 rings (SSSR count). The summed E-state index contributed by atoms with van der Waals surface area (Å²) in [5.74, 6) is 0.941. The standard InChI is InChI=1S/C19H22ClNO2/c1-13(2)15-6-4-5-7-16(15)19(22)21-11-10-14-8-9-18(23-3)17(20)12-14/h4-9,12-13H,10-11H2,1-3H3,(H,21,22). The highest BCUT2D eigenvalue weighted by Gasteiger charge is 2.12. The lowest BCUT2D eigenvalue weighted by Gasteiger charge is -2.13. The minimum Gasteiger partial charge on any atom is -0.495 e. The summed E-state index contributed by atoms with van der Waals surface area (Å²) in [7, 11) is 1.59. The van der Waals surface area contributed by atoms with Gasteiger partial charge in [0.25, 0.3) is 5.91 Å². The average molecular weight is 332 g/mol. The van der Waals surface area contributed by atoms with Gasteiger partial charge >= 0.3 is 0 Å². The van der Waals surface area contributed by atoms with Crippen LogP contribution in [0, 0.1) is 0 Å². The van der Waals surface area contributed by atoms with Crippen molar-refractivity contribution in [3.63, 3.8) is 0 Å². The van der Waals surface area contributed by atoms with Crippen molar-refractivity contribution in [2.75, 3.05) is 13.7 Å². The molecule has 0 heterocycles. The molecule has 4 heteroatoms. The Morgan fingerprint density at radius 3 is 2.61 bits per heavy atom. The van der Waals surface area contributed by atoms with Crippen molar-refractivity contribution >= 4 is 17.5 Å². The molecule has 0 unspecified atom stereocenters. The Labute approximate surface area is 142 Å². The van der Waals surface area contributed by atoms with Crippen LogP contribution in [0.5, 0.6) is 5.75 Å². The van der Waals surface area contributed by atoms with Crippen LogP contribution in [-0.4, -0.2) is 19.6 Å². The number of carbonyl (C=O) groups is 1. The number of methoxy groups -OCH3 is 1. The molecule has 0 saturated heterocycles. The van der Waals surface area contributed by atoms with Crippen LogP contribution in [-0.2, 0) is 6.42 Å². The summed E-state index contributed by atoms with van der Waals surface area (Å²) in [5.41, 5.74) is 2.88. The molecule has 122 valence electrons. The molecule has 23 heavy (non-hydrogen) atoms. The lowest BCUT2D eigenvalue weighted by atomic mass is 9.97. The van der Waals surface area contributed by atoms with Crippen LogP contribution in [0.2, 0.25) is 5.02 Å². The molecule has 0 atom stereocenters. The SMILES string of the molecule is COc1ccc(CCNC(=O)c2ccccc2C(C)C)cc1Cl. The molecule has 0 bridgehead atoms. The zero-order valence-corrected chi connectivity index (χ0v) is 14.5. The van der Waals surface area contributed by atoms with Crippen LogP contribution in [0.3, 0.4) is 0 Å². The molecular formula is C19H22ClNO2. The maximum absolute atomic E-state index is 12.4. The van der Waals surface area contributed by atoms with E-state index in [0.717, 1.165) is 23.1 Å². The molecule has 0 aromatic heterocycles. The topological polar surface area (TPSA) is 38.3 Å². The lowest BCUT2D eigenvalue weighted by molar-refractivity contribution is 0.0953. The molecule has 0 spiro atoms. The normalized spacial score (nSPS) is 10.7. The third-order valence-electron chi connectivity index (χ3n) is 3.74. The second kappa shape index (κ2) is 8.02. The Bertz CT molecular complexity index is 683. The van der Waals surface area contributed by atoms with E-state index in [4.69, 9.17) is 16.3 Å². The van der Waals surface area contributed by atoms with Crippen molar-refractivity contribution in [2.45, 2.75) is 26.2 Å². The lowest BCUT2D eigenvalue weighted by Crippen LogP contribution is -2.26. The van der Waals surface area contributed by atoms with Crippen molar-refractivity contribution in [2.24, 2.45) is 0 Å². The second-order valence-corrected chi connectivity index (χ2v) is 6.12. The zero-order valence-electron chi connectivity index (χ0n) is 13.7. The van der Waals surface area contributed by atoms with Gasteiger partial charge in [-0.1, -0.05) is 49.7 Å². The van der Waals surface area contributed by atoms with Crippen LogP contribution >= 0.6 is 11.6 Å². The van der Waals surface area contributed by atoms with Gasteiger partial charge in [0, 0.05) is 12.1 Å². The Morgan fingerprint density at radius 2 is 1.96 bits per heavy atom. The van der Waals surface area contributed by atoms with Crippen LogP contribution in [0.25, 0.3) is 0 Å². The van der Waals surface area contributed by atoms with Gasteiger partial charge in [0.15, 0.2) is 0 Å². The fourth-order valence-electron chi connectivity index (χ4n) is 2.49. The smallest absolute Gasteiger partial charge is 0.251 e. The van der Waals surface area contributed by atoms with Crippen molar-refractivity contribution in [3.8, 4) is 5.75 Å². The van der Waals surface area contributed by atoms with E-state index >= 15 is 0 Å². The number of halogens is 1. The van der Waals surface area contributed by atoms with E-state index in [1.807, 2.05) is 42.5 Å². The largest absolute Gasteiger partial charge is 0.495 e. The molecule has 0 aliphatic carbocycles. The van der Waals surface area contributed by atoms with Gasteiger partial charge in [0.2, 0.25) is 0 Å². The fourth-order valence-corrected chi connectivity index (χ4v) is 2.77. The van der Waals surface area contributed by atoms with E-state index in [2.05, 4.69) is 19.2 Å². The highest BCUT2D eigenvalue weighted by atomic mass is 35.5. The molecule has 0 fully saturated rings. The van der Waals surface area contributed by atoms with Crippen molar-refractivity contribution < 1.29 is 9.53 Å². The van der Waals surface area contributed by atoms with E-state index in [1.54, 1.807) is 7.11 Å². The molecule has 0 saturated carbocycles. The number of amides is 1. The molecule has 0 radical (unpaired) electrons. The van der Waals surface area contributed by atoms with Crippen LogP contribution in [0.15, 0.2) is 42.5 Å². The molecule has 1 amide bonds. The molecule has 2 aromatic carbocycles. The summed E-state index contributed by atoms with van der Waals surface area (Å²) in [5, 5.41) is 3.56. The first-order valence-corrected chi connectivity index (χ1v) is 8.10. The number of hydrogen-bond donors (Lipinski definition) is 1. The third kappa shape index (κ3) is 4.49. The summed E-state index contributed by atoms with van der Waals surface area (Å²) < 4.78 is 5.13. The summed E-state index contributed by atoms with van der Waals surface area (Å²) in [6, 6.07) is 13.4. The first kappa shape index (κ1) is 17.4. The van der Waals surface area contributed by atoms with Crippen LogP contribution < -0.4 is 10.1 Å². The van der Waals surface area contributed by atoms with Crippen molar-refractivity contribution in [1.29, 1.82) is 0 Å². The monoisotopic (exact) mass is 331 g/mol. The molecule has 0 aliphatic rings. The number of benzene rings is 2. The van der Waals surface area contributed by atoms with Crippen molar-refractivity contribution in [1.82, 2.24) is 5.32 Å². The first-order chi connectivity index (χ1) is 11.0. The first-order valence-electron chi connectivity index (χ1n) is 7.72. The van der Waals surface area contributed by atoms with E-state index in [1.165, 1.54) is 0 Å². The van der Waals surface area contributed by atoms with Gasteiger partial charge in [-0.2, -0.15) is 0 Å². The number of ether oxygens (including phenoxy) is 1. The number of hydrogen-bond acceptors (Lipinski definition) is 2. The predicted molar refractivity (Wildman–Crippen MR) is 94.6 cm³/mol. The molecule has 2 aromatic rings. The summed E-state index contributed by atoms with van der Waals surface area (Å²) in [6.07, 6.45) is 0.722. The van der Waals surface area contributed by atoms with E-state index in [9.17, 15) is 4.79 Å². The van der Waals surface area contributed by atoms with Crippen LogP contribution in [0.4, 0.5) is 0 Å². The maximum Gasteiger partial charge on any atom is 0.251 e. The summed E-state index contributed by atoms with van der Waals surface area (Å²) >= 11 is 6.11. The Morgan fingerprint density at radius 1 is 1.22 bits per heavy atom. The third-order valence-corrected chi connectivity index (χ3v) is 4.04. The fraction of sp³-hybridized carbons (Fsp3) is 0.316. The Balaban J connectivity index is 1.96. The number of nitrogens with one attached hydrogen (secondary N) is 1. The van der Waals surface area contributed by atoms with E-state index in [-0.39, 0.29) is 5.91 Å². The predicted octanol–water partition coefficient (Wildman–Crippen LogP) is 4.44. The van der Waals surface area contributed by atoms with E-state index in [0.29, 0.717) is 23.2 Å². The van der Waals surface area contributed by atoms with Gasteiger partial charge in [-0.15, -0.1) is 0 Å². The summed E-state index contributed by atoms with van der Waals surface area (Å²) in [6.45, 7) is 4.74. The van der Waals surface area contributed by atoms with Gasteiger partial charge in [-0.05, 0) is 41.7 Å². The Kier molecular flexibility index (Phi) is 6.05. The Hall–Kier alpha value is -2.00. The quantitative estimate of drug-likeness (QED) is 0.849.